The summed E-state index contributed by atoms with van der Waals surface area (Å²) in [5, 5.41) is 7.92. The van der Waals surface area contributed by atoms with Crippen molar-refractivity contribution in [2.24, 2.45) is 0 Å². The van der Waals surface area contributed by atoms with Crippen LogP contribution in [0.15, 0.2) is 54.6 Å². The number of amides is 3. The molecule has 0 aliphatic carbocycles. The summed E-state index contributed by atoms with van der Waals surface area (Å²) in [6, 6.07) is 16.6. The summed E-state index contributed by atoms with van der Waals surface area (Å²) in [6.07, 6.45) is 0. The molecule has 0 saturated heterocycles. The van der Waals surface area contributed by atoms with Gasteiger partial charge < -0.3 is 10.6 Å². The van der Waals surface area contributed by atoms with E-state index in [2.05, 4.69) is 38.5 Å². The summed E-state index contributed by atoms with van der Waals surface area (Å²) in [4.78, 5) is 23.3. The Bertz CT molecular complexity index is 647. The number of carbonyl (C=O) groups is 2. The molecule has 2 rings (SSSR count). The molecule has 0 aliphatic heterocycles. The zero-order valence-electron chi connectivity index (χ0n) is 11.8. The molecule has 0 aliphatic rings. The lowest BCUT2D eigenvalue weighted by Crippen LogP contribution is -2.41. The van der Waals surface area contributed by atoms with Crippen molar-refractivity contribution in [1.82, 2.24) is 10.6 Å². The second-order valence-corrected chi connectivity index (χ2v) is 5.71. The van der Waals surface area contributed by atoms with E-state index in [4.69, 9.17) is 0 Å². The molecule has 0 radical (unpaired) electrons. The molecule has 2 aromatic rings. The largest absolute Gasteiger partial charge is 0.375 e. The Morgan fingerprint density at radius 2 is 1.64 bits per heavy atom. The minimum atomic E-state index is -0.501. The third kappa shape index (κ3) is 5.36. The highest BCUT2D eigenvalue weighted by Gasteiger charge is 2.07. The fraction of sp³-hybridized carbons (Fsp3) is 0.125. The standard InChI is InChI=1S/C16H16IN3O2/c17-13-8-4-5-9-14(13)18-11-15(21)20-16(22)19-10-12-6-2-1-3-7-12/h1-9,18H,10-11H2,(H2,19,20,21,22). The number of hydrogen-bond donors (Lipinski definition) is 3. The van der Waals surface area contributed by atoms with E-state index in [9.17, 15) is 9.59 Å². The minimum Gasteiger partial charge on any atom is -0.375 e. The van der Waals surface area contributed by atoms with Crippen molar-refractivity contribution in [3.05, 3.63) is 63.7 Å². The van der Waals surface area contributed by atoms with Crippen molar-refractivity contribution in [1.29, 1.82) is 0 Å². The van der Waals surface area contributed by atoms with E-state index in [-0.39, 0.29) is 12.5 Å². The third-order valence-corrected chi connectivity index (χ3v) is 3.80. The molecule has 0 saturated carbocycles. The summed E-state index contributed by atoms with van der Waals surface area (Å²) in [5.41, 5.74) is 1.84. The van der Waals surface area contributed by atoms with Crippen LogP contribution in [0.3, 0.4) is 0 Å². The highest BCUT2D eigenvalue weighted by molar-refractivity contribution is 14.1. The molecule has 0 spiro atoms. The summed E-state index contributed by atoms with van der Waals surface area (Å²) in [5.74, 6) is -0.384. The number of urea groups is 1. The molecular weight excluding hydrogens is 393 g/mol. The van der Waals surface area contributed by atoms with Crippen LogP contribution in [0.5, 0.6) is 0 Å². The number of rotatable bonds is 5. The van der Waals surface area contributed by atoms with Crippen LogP contribution < -0.4 is 16.0 Å². The third-order valence-electron chi connectivity index (χ3n) is 2.86. The Labute approximate surface area is 142 Å². The second kappa shape index (κ2) is 8.38. The molecule has 0 heterocycles. The number of benzene rings is 2. The molecule has 0 fully saturated rings. The van der Waals surface area contributed by atoms with Gasteiger partial charge >= 0.3 is 6.03 Å². The van der Waals surface area contributed by atoms with E-state index < -0.39 is 6.03 Å². The fourth-order valence-electron chi connectivity index (χ4n) is 1.77. The van der Waals surface area contributed by atoms with Crippen molar-refractivity contribution >= 4 is 40.2 Å². The van der Waals surface area contributed by atoms with Crippen LogP contribution >= 0.6 is 22.6 Å². The number of anilines is 1. The number of nitrogens with one attached hydrogen (secondary N) is 3. The predicted molar refractivity (Wildman–Crippen MR) is 94.5 cm³/mol. The first-order valence-corrected chi connectivity index (χ1v) is 7.83. The van der Waals surface area contributed by atoms with Crippen LogP contribution in [0.25, 0.3) is 0 Å². The molecule has 114 valence electrons. The Morgan fingerprint density at radius 1 is 0.955 bits per heavy atom. The minimum absolute atomic E-state index is 0.0404. The highest BCUT2D eigenvalue weighted by atomic mass is 127. The normalized spacial score (nSPS) is 9.86. The van der Waals surface area contributed by atoms with Crippen LogP contribution in [-0.4, -0.2) is 18.5 Å². The molecule has 0 bridgehead atoms. The van der Waals surface area contributed by atoms with Gasteiger partial charge in [0.15, 0.2) is 0 Å². The summed E-state index contributed by atoms with van der Waals surface area (Å²) in [6.45, 7) is 0.419. The van der Waals surface area contributed by atoms with Gasteiger partial charge in [0.2, 0.25) is 5.91 Å². The van der Waals surface area contributed by atoms with Crippen molar-refractivity contribution < 1.29 is 9.59 Å². The zero-order valence-corrected chi connectivity index (χ0v) is 14.0. The number of carbonyl (C=O) groups excluding carboxylic acids is 2. The molecule has 2 aromatic carbocycles. The average Bonchev–Trinajstić information content (AvgIpc) is 2.53. The Kier molecular flexibility index (Phi) is 6.20. The molecule has 3 amide bonds. The van der Waals surface area contributed by atoms with Gasteiger partial charge in [0.1, 0.15) is 0 Å². The highest BCUT2D eigenvalue weighted by Crippen LogP contribution is 2.16. The molecule has 22 heavy (non-hydrogen) atoms. The predicted octanol–water partition coefficient (Wildman–Crippen LogP) is 2.73. The molecule has 0 aromatic heterocycles. The van der Waals surface area contributed by atoms with Crippen molar-refractivity contribution in [2.75, 3.05) is 11.9 Å². The van der Waals surface area contributed by atoms with Crippen LogP contribution in [-0.2, 0) is 11.3 Å². The quantitative estimate of drug-likeness (QED) is 0.666. The Morgan fingerprint density at radius 3 is 2.36 bits per heavy atom. The van der Waals surface area contributed by atoms with Crippen molar-refractivity contribution in [2.45, 2.75) is 6.54 Å². The summed E-state index contributed by atoms with van der Waals surface area (Å²) >= 11 is 2.18. The Balaban J connectivity index is 1.72. The number of hydrogen-bond acceptors (Lipinski definition) is 3. The molecular formula is C16H16IN3O2. The van der Waals surface area contributed by atoms with E-state index in [0.29, 0.717) is 6.54 Å². The number of para-hydroxylation sites is 1. The molecule has 0 atom stereocenters. The topological polar surface area (TPSA) is 70.2 Å². The lowest BCUT2D eigenvalue weighted by Gasteiger charge is -2.09. The average molecular weight is 409 g/mol. The van der Waals surface area contributed by atoms with Gasteiger partial charge in [0, 0.05) is 15.8 Å². The summed E-state index contributed by atoms with van der Waals surface area (Å²) in [7, 11) is 0. The van der Waals surface area contributed by atoms with Gasteiger partial charge in [0.25, 0.3) is 0 Å². The van der Waals surface area contributed by atoms with E-state index in [1.165, 1.54) is 0 Å². The van der Waals surface area contributed by atoms with E-state index >= 15 is 0 Å². The van der Waals surface area contributed by atoms with Crippen molar-refractivity contribution in [3.63, 3.8) is 0 Å². The smallest absolute Gasteiger partial charge is 0.321 e. The van der Waals surface area contributed by atoms with Gasteiger partial charge in [-0.1, -0.05) is 42.5 Å². The molecule has 6 heteroatoms. The first-order chi connectivity index (χ1) is 10.6. The van der Waals surface area contributed by atoms with Gasteiger partial charge in [-0.15, -0.1) is 0 Å². The van der Waals surface area contributed by atoms with Gasteiger partial charge in [-0.3, -0.25) is 10.1 Å². The maximum absolute atomic E-state index is 11.7. The van der Waals surface area contributed by atoms with Gasteiger partial charge in [-0.05, 0) is 40.3 Å². The van der Waals surface area contributed by atoms with E-state index in [1.807, 2.05) is 54.6 Å². The van der Waals surface area contributed by atoms with Crippen LogP contribution in [0, 0.1) is 3.57 Å². The summed E-state index contributed by atoms with van der Waals surface area (Å²) < 4.78 is 1.02. The monoisotopic (exact) mass is 409 g/mol. The molecule has 0 unspecified atom stereocenters. The van der Waals surface area contributed by atoms with E-state index in [1.54, 1.807) is 0 Å². The maximum Gasteiger partial charge on any atom is 0.321 e. The molecule has 5 nitrogen and oxygen atoms in total. The van der Waals surface area contributed by atoms with Crippen LogP contribution in [0.4, 0.5) is 10.5 Å². The second-order valence-electron chi connectivity index (χ2n) is 4.55. The van der Waals surface area contributed by atoms with Gasteiger partial charge in [0.05, 0.1) is 6.54 Å². The number of imide groups is 1. The zero-order chi connectivity index (χ0) is 15.8. The van der Waals surface area contributed by atoms with E-state index in [0.717, 1.165) is 14.8 Å². The van der Waals surface area contributed by atoms with Crippen molar-refractivity contribution in [3.8, 4) is 0 Å². The van der Waals surface area contributed by atoms with Gasteiger partial charge in [-0.2, -0.15) is 0 Å². The lowest BCUT2D eigenvalue weighted by atomic mass is 10.2. The first-order valence-electron chi connectivity index (χ1n) is 6.75. The Hall–Kier alpha value is -2.09. The van der Waals surface area contributed by atoms with Crippen LogP contribution in [0.1, 0.15) is 5.56 Å². The van der Waals surface area contributed by atoms with Crippen LogP contribution in [0.2, 0.25) is 0 Å². The molecule has 3 N–H and O–H groups in total. The first kappa shape index (κ1) is 16.3. The lowest BCUT2D eigenvalue weighted by molar-refractivity contribution is -0.118. The van der Waals surface area contributed by atoms with Gasteiger partial charge in [-0.25, -0.2) is 4.79 Å². The fourth-order valence-corrected chi connectivity index (χ4v) is 2.35. The maximum atomic E-state index is 11.7. The number of halogens is 1. The SMILES string of the molecule is O=C(CNc1ccccc1I)NC(=O)NCc1ccccc1.